The molecule has 34 heavy (non-hydrogen) atoms. The molecule has 0 aliphatic heterocycles. The molecule has 9 heteroatoms. The summed E-state index contributed by atoms with van der Waals surface area (Å²) < 4.78 is 16.6. The molecule has 0 aliphatic rings. The molecule has 0 saturated carbocycles. The number of nitrogens with two attached hydrogens (primary N) is 1. The van der Waals surface area contributed by atoms with E-state index in [9.17, 15) is 14.0 Å². The first-order chi connectivity index (χ1) is 16.3. The molecule has 2 heterocycles. The lowest BCUT2D eigenvalue weighted by molar-refractivity contribution is 0.0995. The van der Waals surface area contributed by atoms with Crippen molar-refractivity contribution in [2.24, 2.45) is 5.73 Å². The van der Waals surface area contributed by atoms with Crippen LogP contribution >= 0.6 is 0 Å². The second-order valence-corrected chi connectivity index (χ2v) is 7.68. The van der Waals surface area contributed by atoms with Gasteiger partial charge in [0, 0.05) is 47.0 Å². The smallest absolute Gasteiger partial charge is 0.323 e. The van der Waals surface area contributed by atoms with E-state index in [1.54, 1.807) is 35.1 Å². The highest BCUT2D eigenvalue weighted by atomic mass is 19.1. The monoisotopic (exact) mass is 458 g/mol. The molecule has 172 valence electrons. The van der Waals surface area contributed by atoms with Crippen LogP contribution in [0.3, 0.4) is 0 Å². The molecule has 0 atom stereocenters. The first-order valence-electron chi connectivity index (χ1n) is 10.6. The van der Waals surface area contributed by atoms with Crippen molar-refractivity contribution in [1.82, 2.24) is 14.8 Å². The third-order valence-electron chi connectivity index (χ3n) is 5.20. The summed E-state index contributed by atoms with van der Waals surface area (Å²) in [5.74, 6) is -1.15. The van der Waals surface area contributed by atoms with Crippen molar-refractivity contribution in [2.75, 3.05) is 10.6 Å². The normalized spacial score (nSPS) is 10.7. The Morgan fingerprint density at radius 1 is 1.00 bits per heavy atom. The Labute approximate surface area is 195 Å². The minimum absolute atomic E-state index is 0.0816. The van der Waals surface area contributed by atoms with Gasteiger partial charge in [-0.1, -0.05) is 17.7 Å². The molecular weight excluding hydrogens is 435 g/mol. The molecule has 0 saturated heterocycles. The molecule has 4 rings (SSSR count). The maximum atomic E-state index is 14.9. The second-order valence-electron chi connectivity index (χ2n) is 7.68. The molecule has 0 aliphatic carbocycles. The zero-order valence-corrected chi connectivity index (χ0v) is 18.7. The minimum atomic E-state index is -0.671. The highest BCUT2D eigenvalue weighted by molar-refractivity contribution is 6.00. The fourth-order valence-corrected chi connectivity index (χ4v) is 3.45. The van der Waals surface area contributed by atoms with Gasteiger partial charge in [0.1, 0.15) is 17.2 Å². The maximum absolute atomic E-state index is 14.9. The zero-order valence-electron chi connectivity index (χ0n) is 18.7. The molecule has 2 aromatic heterocycles. The Balaban J connectivity index is 1.67. The fraction of sp³-hybridized carbons (Fsp3) is 0.120. The number of rotatable bonds is 6. The van der Waals surface area contributed by atoms with Crippen LogP contribution in [0.1, 0.15) is 23.0 Å². The van der Waals surface area contributed by atoms with Gasteiger partial charge < -0.3 is 16.4 Å². The summed E-state index contributed by atoms with van der Waals surface area (Å²) in [5.41, 5.74) is 9.35. The number of halogens is 1. The summed E-state index contributed by atoms with van der Waals surface area (Å²) in [7, 11) is 0. The van der Waals surface area contributed by atoms with Crippen LogP contribution in [-0.2, 0) is 6.54 Å². The number of pyridine rings is 1. The molecule has 3 amide bonds. The third-order valence-corrected chi connectivity index (χ3v) is 5.20. The van der Waals surface area contributed by atoms with E-state index < -0.39 is 17.8 Å². The van der Waals surface area contributed by atoms with Gasteiger partial charge >= 0.3 is 6.03 Å². The van der Waals surface area contributed by atoms with Gasteiger partial charge in [0.05, 0.1) is 0 Å². The summed E-state index contributed by atoms with van der Waals surface area (Å²) in [6, 6.07) is 14.4. The molecule has 4 N–H and O–H groups in total. The average Bonchev–Trinajstić information content (AvgIpc) is 3.26. The predicted octanol–water partition coefficient (Wildman–Crippen LogP) is 4.82. The maximum Gasteiger partial charge on any atom is 0.323 e. The molecule has 0 spiro atoms. The van der Waals surface area contributed by atoms with Gasteiger partial charge in [0.25, 0.3) is 5.91 Å². The number of nitrogens with one attached hydrogen (secondary N) is 2. The van der Waals surface area contributed by atoms with Gasteiger partial charge in [-0.05, 0) is 56.3 Å². The standard InChI is InChI=1S/C25H23FN6O2/c1-3-32-14-20(23(31-32)16-10-11-28-22(12-16)24(27)33)19-13-18(8-9-21(19)26)30-25(34)29-17-6-4-15(2)5-7-17/h4-14H,3H2,1-2H3,(H2,27,33)(H2,29,30,34). The van der Waals surface area contributed by atoms with Gasteiger partial charge in [0.2, 0.25) is 0 Å². The number of benzene rings is 2. The van der Waals surface area contributed by atoms with Crippen LogP contribution in [0.5, 0.6) is 0 Å². The van der Waals surface area contributed by atoms with Crippen LogP contribution in [0.15, 0.2) is 67.0 Å². The number of carbonyl (C=O) groups excluding carboxylic acids is 2. The van der Waals surface area contributed by atoms with Crippen LogP contribution in [0.25, 0.3) is 22.4 Å². The number of hydrogen-bond donors (Lipinski definition) is 3. The first kappa shape index (κ1) is 22.7. The lowest BCUT2D eigenvalue weighted by Gasteiger charge is -2.10. The summed E-state index contributed by atoms with van der Waals surface area (Å²) >= 11 is 0. The van der Waals surface area contributed by atoms with E-state index in [-0.39, 0.29) is 11.3 Å². The largest absolute Gasteiger partial charge is 0.364 e. The number of amides is 3. The van der Waals surface area contributed by atoms with Gasteiger partial charge in [0.15, 0.2) is 0 Å². The van der Waals surface area contributed by atoms with E-state index in [4.69, 9.17) is 5.73 Å². The predicted molar refractivity (Wildman–Crippen MR) is 129 cm³/mol. The van der Waals surface area contributed by atoms with Crippen molar-refractivity contribution in [3.8, 4) is 22.4 Å². The van der Waals surface area contributed by atoms with Crippen LogP contribution in [0.4, 0.5) is 20.6 Å². The van der Waals surface area contributed by atoms with Crippen LogP contribution < -0.4 is 16.4 Å². The number of aromatic nitrogens is 3. The second kappa shape index (κ2) is 9.53. The Morgan fingerprint density at radius 3 is 2.41 bits per heavy atom. The van der Waals surface area contributed by atoms with E-state index in [0.29, 0.717) is 34.7 Å². The molecular formula is C25H23FN6O2. The quantitative estimate of drug-likeness (QED) is 0.384. The highest BCUT2D eigenvalue weighted by Crippen LogP contribution is 2.34. The van der Waals surface area contributed by atoms with Gasteiger partial charge in [-0.3, -0.25) is 14.5 Å². The average molecular weight is 458 g/mol. The first-order valence-corrected chi connectivity index (χ1v) is 10.6. The van der Waals surface area contributed by atoms with E-state index in [0.717, 1.165) is 5.56 Å². The lowest BCUT2D eigenvalue weighted by atomic mass is 10.0. The number of urea groups is 1. The number of aryl methyl sites for hydroxylation is 2. The van der Waals surface area contributed by atoms with Crippen LogP contribution in [0, 0.1) is 12.7 Å². The highest BCUT2D eigenvalue weighted by Gasteiger charge is 2.18. The van der Waals surface area contributed by atoms with Gasteiger partial charge in [-0.15, -0.1) is 0 Å². The Morgan fingerprint density at radius 2 is 1.71 bits per heavy atom. The number of carbonyl (C=O) groups is 2. The molecule has 0 radical (unpaired) electrons. The number of primary amides is 1. The lowest BCUT2D eigenvalue weighted by Crippen LogP contribution is -2.19. The fourth-order valence-electron chi connectivity index (χ4n) is 3.45. The SMILES string of the molecule is CCn1cc(-c2cc(NC(=O)Nc3ccc(C)cc3)ccc2F)c(-c2ccnc(C(N)=O)c2)n1. The van der Waals surface area contributed by atoms with Crippen molar-refractivity contribution in [3.05, 3.63) is 84.1 Å². The van der Waals surface area contributed by atoms with Crippen molar-refractivity contribution in [3.63, 3.8) is 0 Å². The summed E-state index contributed by atoms with van der Waals surface area (Å²) in [5, 5.41) is 10.0. The summed E-state index contributed by atoms with van der Waals surface area (Å²) in [6.45, 7) is 4.42. The van der Waals surface area contributed by atoms with Crippen molar-refractivity contribution in [1.29, 1.82) is 0 Å². The van der Waals surface area contributed by atoms with Crippen LogP contribution in [-0.4, -0.2) is 26.7 Å². The molecule has 0 bridgehead atoms. The molecule has 8 nitrogen and oxygen atoms in total. The van der Waals surface area contributed by atoms with Crippen LogP contribution in [0.2, 0.25) is 0 Å². The van der Waals surface area contributed by atoms with E-state index in [2.05, 4.69) is 20.7 Å². The molecule has 0 fully saturated rings. The molecule has 0 unspecified atom stereocenters. The van der Waals surface area contributed by atoms with E-state index >= 15 is 0 Å². The number of anilines is 2. The van der Waals surface area contributed by atoms with Gasteiger partial charge in [-0.2, -0.15) is 5.10 Å². The summed E-state index contributed by atoms with van der Waals surface area (Å²) in [6.07, 6.45) is 3.17. The Bertz CT molecular complexity index is 1360. The third kappa shape index (κ3) is 4.93. The number of hydrogen-bond acceptors (Lipinski definition) is 4. The minimum Gasteiger partial charge on any atom is -0.364 e. The Hall–Kier alpha value is -4.53. The number of nitrogens with zero attached hydrogens (tertiary/aromatic N) is 3. The topological polar surface area (TPSA) is 115 Å². The van der Waals surface area contributed by atoms with Gasteiger partial charge in [-0.25, -0.2) is 9.18 Å². The molecule has 4 aromatic rings. The van der Waals surface area contributed by atoms with E-state index in [1.807, 2.05) is 26.0 Å². The molecule has 2 aromatic carbocycles. The Kier molecular flexibility index (Phi) is 6.35. The van der Waals surface area contributed by atoms with Crippen molar-refractivity contribution < 1.29 is 14.0 Å². The summed E-state index contributed by atoms with van der Waals surface area (Å²) in [4.78, 5) is 28.0. The zero-order chi connectivity index (χ0) is 24.2. The van der Waals surface area contributed by atoms with Crippen molar-refractivity contribution >= 4 is 23.3 Å². The van der Waals surface area contributed by atoms with Crippen molar-refractivity contribution in [2.45, 2.75) is 20.4 Å². The van der Waals surface area contributed by atoms with E-state index in [1.165, 1.54) is 24.4 Å².